The minimum absolute atomic E-state index is 0.199. The molecule has 0 bridgehead atoms. The second kappa shape index (κ2) is 6.80. The minimum atomic E-state index is 0.199. The van der Waals surface area contributed by atoms with Crippen LogP contribution < -0.4 is 9.80 Å². The normalized spacial score (nSPS) is 20.6. The summed E-state index contributed by atoms with van der Waals surface area (Å²) in [6.07, 6.45) is 6.15. The highest BCUT2D eigenvalue weighted by molar-refractivity contribution is 5.97. The van der Waals surface area contributed by atoms with Crippen LogP contribution in [0.3, 0.4) is 0 Å². The van der Waals surface area contributed by atoms with Crippen LogP contribution in [0.4, 0.5) is 11.5 Å². The number of aromatic nitrogens is 2. The van der Waals surface area contributed by atoms with Crippen LogP contribution >= 0.6 is 0 Å². The Morgan fingerprint density at radius 1 is 1.16 bits per heavy atom. The summed E-state index contributed by atoms with van der Waals surface area (Å²) in [5, 5.41) is 0. The number of amides is 1. The fourth-order valence-corrected chi connectivity index (χ4v) is 3.80. The van der Waals surface area contributed by atoms with E-state index in [4.69, 9.17) is 0 Å². The zero-order valence-corrected chi connectivity index (χ0v) is 14.5. The first-order valence-electron chi connectivity index (χ1n) is 8.85. The lowest BCUT2D eigenvalue weighted by molar-refractivity contribution is -0.120. The van der Waals surface area contributed by atoms with Gasteiger partial charge in [0.2, 0.25) is 5.91 Å². The van der Waals surface area contributed by atoms with Crippen molar-refractivity contribution in [3.8, 4) is 0 Å². The van der Waals surface area contributed by atoms with Gasteiger partial charge in [-0.25, -0.2) is 4.98 Å². The Balaban J connectivity index is 1.37. The highest BCUT2D eigenvalue weighted by atomic mass is 16.2. The lowest BCUT2D eigenvalue weighted by atomic mass is 10.1. The molecule has 1 unspecified atom stereocenters. The summed E-state index contributed by atoms with van der Waals surface area (Å²) in [6, 6.07) is 8.48. The van der Waals surface area contributed by atoms with Crippen LogP contribution in [0, 0.1) is 0 Å². The monoisotopic (exact) mass is 337 g/mol. The molecule has 2 aliphatic heterocycles. The molecule has 130 valence electrons. The first kappa shape index (κ1) is 16.0. The molecule has 2 aromatic rings. The summed E-state index contributed by atoms with van der Waals surface area (Å²) < 4.78 is 0. The maximum atomic E-state index is 12.9. The SMILES string of the molecule is CC1Cc2ccccc2N1C(=O)CN1CCN(c2cnccn2)CC1. The summed E-state index contributed by atoms with van der Waals surface area (Å²) >= 11 is 0. The van der Waals surface area contributed by atoms with Crippen molar-refractivity contribution in [1.82, 2.24) is 14.9 Å². The molecule has 0 saturated carbocycles. The van der Waals surface area contributed by atoms with Crippen LogP contribution in [0.5, 0.6) is 0 Å². The topological polar surface area (TPSA) is 52.6 Å². The molecule has 2 aliphatic rings. The zero-order valence-electron chi connectivity index (χ0n) is 14.5. The van der Waals surface area contributed by atoms with E-state index < -0.39 is 0 Å². The molecule has 1 aromatic heterocycles. The van der Waals surface area contributed by atoms with Gasteiger partial charge >= 0.3 is 0 Å². The molecular weight excluding hydrogens is 314 g/mol. The van der Waals surface area contributed by atoms with Crippen LogP contribution in [-0.2, 0) is 11.2 Å². The van der Waals surface area contributed by atoms with Gasteiger partial charge in [-0.3, -0.25) is 14.7 Å². The Bertz CT molecular complexity index is 742. The van der Waals surface area contributed by atoms with E-state index in [9.17, 15) is 4.79 Å². The Kier molecular flexibility index (Phi) is 4.36. The Hall–Kier alpha value is -2.47. The number of fused-ring (bicyclic) bond motifs is 1. The number of hydrogen-bond acceptors (Lipinski definition) is 5. The number of piperazine rings is 1. The van der Waals surface area contributed by atoms with Gasteiger partial charge in [0.15, 0.2) is 0 Å². The summed E-state index contributed by atoms with van der Waals surface area (Å²) in [4.78, 5) is 27.8. The van der Waals surface area contributed by atoms with E-state index in [1.165, 1.54) is 5.56 Å². The summed E-state index contributed by atoms with van der Waals surface area (Å²) in [5.41, 5.74) is 2.36. The van der Waals surface area contributed by atoms with Crippen molar-refractivity contribution in [3.63, 3.8) is 0 Å². The fraction of sp³-hybridized carbons (Fsp3) is 0.421. The number of para-hydroxylation sites is 1. The van der Waals surface area contributed by atoms with Crippen LogP contribution in [0.25, 0.3) is 0 Å². The van der Waals surface area contributed by atoms with Crippen LogP contribution in [0.1, 0.15) is 12.5 Å². The highest BCUT2D eigenvalue weighted by Crippen LogP contribution is 2.31. The van der Waals surface area contributed by atoms with Gasteiger partial charge < -0.3 is 9.80 Å². The van der Waals surface area contributed by atoms with Gasteiger partial charge in [0.05, 0.1) is 12.7 Å². The molecule has 1 fully saturated rings. The molecule has 0 radical (unpaired) electrons. The minimum Gasteiger partial charge on any atom is -0.353 e. The van der Waals surface area contributed by atoms with Gasteiger partial charge in [-0.05, 0) is 25.0 Å². The van der Waals surface area contributed by atoms with Crippen LogP contribution in [-0.4, -0.2) is 59.5 Å². The van der Waals surface area contributed by atoms with Crippen molar-refractivity contribution in [2.75, 3.05) is 42.5 Å². The predicted molar refractivity (Wildman–Crippen MR) is 97.8 cm³/mol. The summed E-state index contributed by atoms with van der Waals surface area (Å²) in [7, 11) is 0. The fourth-order valence-electron chi connectivity index (χ4n) is 3.80. The smallest absolute Gasteiger partial charge is 0.241 e. The molecular formula is C19H23N5O. The average Bonchev–Trinajstić information content (AvgIpc) is 2.99. The molecule has 1 amide bonds. The summed E-state index contributed by atoms with van der Waals surface area (Å²) in [5.74, 6) is 1.11. The molecule has 3 heterocycles. The number of nitrogens with zero attached hydrogens (tertiary/aromatic N) is 5. The Labute approximate surface area is 148 Å². The Morgan fingerprint density at radius 3 is 2.72 bits per heavy atom. The largest absolute Gasteiger partial charge is 0.353 e. The van der Waals surface area contributed by atoms with Gasteiger partial charge in [0.1, 0.15) is 5.82 Å². The molecule has 4 rings (SSSR count). The average molecular weight is 337 g/mol. The van der Waals surface area contributed by atoms with Crippen molar-refractivity contribution in [2.45, 2.75) is 19.4 Å². The van der Waals surface area contributed by atoms with Crippen LogP contribution in [0.15, 0.2) is 42.9 Å². The second-order valence-corrected chi connectivity index (χ2v) is 6.77. The van der Waals surface area contributed by atoms with E-state index >= 15 is 0 Å². The van der Waals surface area contributed by atoms with Crippen LogP contribution in [0.2, 0.25) is 0 Å². The maximum absolute atomic E-state index is 12.9. The predicted octanol–water partition coefficient (Wildman–Crippen LogP) is 1.58. The van der Waals surface area contributed by atoms with Gasteiger partial charge in [0.25, 0.3) is 0 Å². The third-order valence-electron chi connectivity index (χ3n) is 5.08. The van der Waals surface area contributed by atoms with Crippen molar-refractivity contribution in [2.24, 2.45) is 0 Å². The first-order valence-corrected chi connectivity index (χ1v) is 8.85. The quantitative estimate of drug-likeness (QED) is 0.851. The van der Waals surface area contributed by atoms with Crippen molar-refractivity contribution in [1.29, 1.82) is 0 Å². The van der Waals surface area contributed by atoms with Crippen molar-refractivity contribution in [3.05, 3.63) is 48.4 Å². The van der Waals surface area contributed by atoms with E-state index in [-0.39, 0.29) is 11.9 Å². The third-order valence-corrected chi connectivity index (χ3v) is 5.08. The van der Waals surface area contributed by atoms with E-state index in [2.05, 4.69) is 38.8 Å². The lowest BCUT2D eigenvalue weighted by Gasteiger charge is -2.36. The van der Waals surface area contributed by atoms with E-state index in [0.717, 1.165) is 44.1 Å². The first-order chi connectivity index (χ1) is 12.2. The van der Waals surface area contributed by atoms with Crippen molar-refractivity contribution >= 4 is 17.4 Å². The number of anilines is 2. The number of hydrogen-bond donors (Lipinski definition) is 0. The Morgan fingerprint density at radius 2 is 1.96 bits per heavy atom. The van der Waals surface area contributed by atoms with Gasteiger partial charge in [-0.2, -0.15) is 0 Å². The molecule has 0 spiro atoms. The van der Waals surface area contributed by atoms with E-state index in [1.807, 2.05) is 17.0 Å². The molecule has 1 aromatic carbocycles. The van der Waals surface area contributed by atoms with Gasteiger partial charge in [-0.1, -0.05) is 18.2 Å². The highest BCUT2D eigenvalue weighted by Gasteiger charge is 2.31. The molecule has 6 heteroatoms. The van der Waals surface area contributed by atoms with E-state index in [0.29, 0.717) is 6.54 Å². The summed E-state index contributed by atoms with van der Waals surface area (Å²) in [6.45, 7) is 6.09. The second-order valence-electron chi connectivity index (χ2n) is 6.77. The number of carbonyl (C=O) groups excluding carboxylic acids is 1. The van der Waals surface area contributed by atoms with Gasteiger partial charge in [0, 0.05) is 50.3 Å². The van der Waals surface area contributed by atoms with E-state index in [1.54, 1.807) is 18.6 Å². The third kappa shape index (κ3) is 3.22. The molecule has 1 saturated heterocycles. The van der Waals surface area contributed by atoms with Gasteiger partial charge in [-0.15, -0.1) is 0 Å². The standard InChI is InChI=1S/C19H23N5O/c1-15-12-16-4-2-3-5-17(16)24(15)19(25)14-22-8-10-23(11-9-22)18-13-20-6-7-21-18/h2-7,13,15H,8-12,14H2,1H3. The lowest BCUT2D eigenvalue weighted by Crippen LogP contribution is -2.51. The maximum Gasteiger partial charge on any atom is 0.241 e. The number of benzene rings is 1. The molecule has 1 atom stereocenters. The zero-order chi connectivity index (χ0) is 17.2. The molecule has 6 nitrogen and oxygen atoms in total. The van der Waals surface area contributed by atoms with Crippen molar-refractivity contribution < 1.29 is 4.79 Å². The molecule has 0 aliphatic carbocycles. The molecule has 25 heavy (non-hydrogen) atoms. The number of carbonyl (C=O) groups is 1. The number of rotatable bonds is 3. The molecule has 0 N–H and O–H groups in total.